The van der Waals surface area contributed by atoms with E-state index in [9.17, 15) is 30.6 Å². The summed E-state index contributed by atoms with van der Waals surface area (Å²) in [6.07, 6.45) is -11.9. The number of hydrogen-bond donors (Lipinski definition) is 8. The lowest BCUT2D eigenvalue weighted by Crippen LogP contribution is -2.62. The second-order valence-corrected chi connectivity index (χ2v) is 6.08. The molecule has 0 aromatic carbocycles. The molecule has 0 bridgehead atoms. The molecule has 2 aliphatic heterocycles. The number of ether oxygens (including phenoxy) is 3. The molecule has 2 fully saturated rings. The molecule has 0 spiro atoms. The summed E-state index contributed by atoms with van der Waals surface area (Å²) >= 11 is 0. The largest absolute Gasteiger partial charge is 0.545 e. The van der Waals surface area contributed by atoms with E-state index in [0.29, 0.717) is 0 Å². The Hall–Kier alpha value is -1.23. The third kappa shape index (κ3) is 5.22. The zero-order valence-corrected chi connectivity index (χ0v) is 14.6. The van der Waals surface area contributed by atoms with Gasteiger partial charge in [0.1, 0.15) is 49.3 Å². The summed E-state index contributed by atoms with van der Waals surface area (Å²) in [4.78, 5) is 9.14. The molecule has 0 aromatic heterocycles. The monoisotopic (exact) mass is 413 g/mol. The SMILES string of the molecule is C=CC(=O)[O-].OC[C@H]1O[C@@](CO)(O[C@H]2O[C@H](CO)[C@@H](O)[C@H](O)[C@H]2O)[C@@H](O)[C@@H]1O. The van der Waals surface area contributed by atoms with E-state index in [0.717, 1.165) is 6.08 Å². The van der Waals surface area contributed by atoms with Crippen molar-refractivity contribution in [1.82, 2.24) is 0 Å². The summed E-state index contributed by atoms with van der Waals surface area (Å²) in [6.45, 7) is 0.576. The molecule has 0 aromatic rings. The van der Waals surface area contributed by atoms with Gasteiger partial charge in [0.05, 0.1) is 19.2 Å². The highest BCUT2D eigenvalue weighted by molar-refractivity contribution is 5.76. The Kier molecular flexibility index (Phi) is 9.32. The molecule has 0 saturated carbocycles. The van der Waals surface area contributed by atoms with Crippen molar-refractivity contribution in [3.05, 3.63) is 12.7 Å². The van der Waals surface area contributed by atoms with Crippen LogP contribution in [0.5, 0.6) is 0 Å². The van der Waals surface area contributed by atoms with E-state index < -0.39 is 80.6 Å². The standard InChI is InChI=1S/C12H22O11.C3H4O2/c13-1-4-6(16)8(18)9(19)11(21-4)23-12(3-15)10(20)7(17)5(2-14)22-12;1-2-3(4)5/h4-11,13-20H,1-3H2;2H,1H2,(H,4,5)/p-1/t4-,5-,6-,7-,8+,9-,10+,11-,12+;/m1./s1. The van der Waals surface area contributed by atoms with Crippen LogP contribution in [-0.2, 0) is 19.0 Å². The maximum Gasteiger partial charge on any atom is 0.224 e. The predicted molar refractivity (Wildman–Crippen MR) is 83.8 cm³/mol. The van der Waals surface area contributed by atoms with E-state index in [2.05, 4.69) is 6.58 Å². The third-order valence-corrected chi connectivity index (χ3v) is 4.24. The van der Waals surface area contributed by atoms with Gasteiger partial charge in [-0.25, -0.2) is 0 Å². The summed E-state index contributed by atoms with van der Waals surface area (Å²) in [5, 5.41) is 85.8. The molecule has 13 heteroatoms. The molecule has 2 rings (SSSR count). The molecule has 2 heterocycles. The second-order valence-electron chi connectivity index (χ2n) is 6.08. The number of carboxylic acids is 1. The van der Waals surface area contributed by atoms with Gasteiger partial charge in [-0.3, -0.25) is 0 Å². The van der Waals surface area contributed by atoms with Gasteiger partial charge in [-0.15, -0.1) is 0 Å². The average molecular weight is 413 g/mol. The Morgan fingerprint density at radius 1 is 1.00 bits per heavy atom. The van der Waals surface area contributed by atoms with E-state index in [-0.39, 0.29) is 0 Å². The van der Waals surface area contributed by atoms with Crippen LogP contribution >= 0.6 is 0 Å². The van der Waals surface area contributed by atoms with Crippen molar-refractivity contribution in [3.8, 4) is 0 Å². The molecule has 0 unspecified atom stereocenters. The molecule has 28 heavy (non-hydrogen) atoms. The number of carbonyl (C=O) groups is 1. The van der Waals surface area contributed by atoms with Crippen molar-refractivity contribution < 1.29 is 65.0 Å². The molecule has 8 N–H and O–H groups in total. The van der Waals surface area contributed by atoms with E-state index >= 15 is 0 Å². The molecule has 0 amide bonds. The van der Waals surface area contributed by atoms with Crippen LogP contribution in [0.1, 0.15) is 0 Å². The van der Waals surface area contributed by atoms with Crippen molar-refractivity contribution in [2.75, 3.05) is 19.8 Å². The molecule has 164 valence electrons. The number of rotatable bonds is 6. The van der Waals surface area contributed by atoms with Crippen LogP contribution in [-0.4, -0.2) is 121 Å². The van der Waals surface area contributed by atoms with Crippen molar-refractivity contribution in [1.29, 1.82) is 0 Å². The third-order valence-electron chi connectivity index (χ3n) is 4.24. The van der Waals surface area contributed by atoms with Crippen LogP contribution in [0.25, 0.3) is 0 Å². The Morgan fingerprint density at radius 3 is 1.93 bits per heavy atom. The fraction of sp³-hybridized carbons (Fsp3) is 0.800. The van der Waals surface area contributed by atoms with E-state index in [1.807, 2.05) is 0 Å². The van der Waals surface area contributed by atoms with Gasteiger partial charge >= 0.3 is 0 Å². The van der Waals surface area contributed by atoms with Crippen LogP contribution in [0.2, 0.25) is 0 Å². The average Bonchev–Trinajstić information content (AvgIpc) is 2.93. The first-order valence-electron chi connectivity index (χ1n) is 8.15. The lowest BCUT2D eigenvalue weighted by molar-refractivity contribution is -0.383. The van der Waals surface area contributed by atoms with Crippen molar-refractivity contribution in [2.45, 2.75) is 54.8 Å². The molecule has 13 nitrogen and oxygen atoms in total. The summed E-state index contributed by atoms with van der Waals surface area (Å²) < 4.78 is 15.4. The lowest BCUT2D eigenvalue weighted by Gasteiger charge is -2.43. The quantitative estimate of drug-likeness (QED) is 0.190. The first kappa shape index (κ1) is 24.8. The maximum absolute atomic E-state index is 10.00. The smallest absolute Gasteiger partial charge is 0.224 e. The normalized spacial score (nSPS) is 43.1. The van der Waals surface area contributed by atoms with E-state index in [1.54, 1.807) is 0 Å². The van der Waals surface area contributed by atoms with Crippen LogP contribution in [0, 0.1) is 0 Å². The predicted octanol–water partition coefficient (Wildman–Crippen LogP) is -6.47. The van der Waals surface area contributed by atoms with Gasteiger partial charge in [0.25, 0.3) is 0 Å². The molecule has 9 atom stereocenters. The molecular weight excluding hydrogens is 388 g/mol. The van der Waals surface area contributed by atoms with Crippen molar-refractivity contribution >= 4 is 5.97 Å². The summed E-state index contributed by atoms with van der Waals surface area (Å²) in [7, 11) is 0. The number of aliphatic hydroxyl groups excluding tert-OH is 8. The Bertz CT molecular complexity index is 514. The minimum atomic E-state index is -2.22. The van der Waals surface area contributed by atoms with Gasteiger partial charge in [-0.05, 0) is 6.08 Å². The zero-order valence-electron chi connectivity index (χ0n) is 14.6. The van der Waals surface area contributed by atoms with Crippen LogP contribution in [0.3, 0.4) is 0 Å². The summed E-state index contributed by atoms with van der Waals surface area (Å²) in [6, 6.07) is 0. The highest BCUT2D eigenvalue weighted by Crippen LogP contribution is 2.35. The maximum atomic E-state index is 10.00. The van der Waals surface area contributed by atoms with Gasteiger partial charge in [-0.2, -0.15) is 0 Å². The van der Waals surface area contributed by atoms with Gasteiger partial charge in [-0.1, -0.05) is 6.58 Å². The second kappa shape index (κ2) is 10.5. The Morgan fingerprint density at radius 2 is 1.54 bits per heavy atom. The van der Waals surface area contributed by atoms with Crippen LogP contribution in [0.15, 0.2) is 12.7 Å². The molecule has 0 radical (unpaired) electrons. The minimum absolute atomic E-state index is 0.669. The number of carboxylic acid groups (broad SMARTS) is 1. The minimum Gasteiger partial charge on any atom is -0.545 e. The molecular formula is C15H25O13-. The molecule has 0 aliphatic carbocycles. The van der Waals surface area contributed by atoms with E-state index in [4.69, 9.17) is 34.3 Å². The van der Waals surface area contributed by atoms with Gasteiger partial charge in [0.15, 0.2) is 6.29 Å². The van der Waals surface area contributed by atoms with Crippen LogP contribution < -0.4 is 5.11 Å². The van der Waals surface area contributed by atoms with Gasteiger partial charge < -0.3 is 65.0 Å². The fourth-order valence-corrected chi connectivity index (χ4v) is 2.63. The van der Waals surface area contributed by atoms with Crippen LogP contribution in [0.4, 0.5) is 0 Å². The number of carbonyl (C=O) groups excluding carboxylic acids is 1. The molecule has 2 aliphatic rings. The zero-order chi connectivity index (χ0) is 21.6. The highest BCUT2D eigenvalue weighted by atomic mass is 16.8. The number of hydrogen-bond acceptors (Lipinski definition) is 13. The van der Waals surface area contributed by atoms with Gasteiger partial charge in [0, 0.05) is 0 Å². The number of aliphatic carboxylic acids is 1. The topological polar surface area (TPSA) is 230 Å². The number of aliphatic hydroxyl groups is 8. The fourth-order valence-electron chi connectivity index (χ4n) is 2.63. The summed E-state index contributed by atoms with van der Waals surface area (Å²) in [5.74, 6) is -3.45. The van der Waals surface area contributed by atoms with E-state index in [1.165, 1.54) is 0 Å². The van der Waals surface area contributed by atoms with Gasteiger partial charge in [0.2, 0.25) is 5.79 Å². The highest BCUT2D eigenvalue weighted by Gasteiger charge is 2.58. The first-order chi connectivity index (χ1) is 13.1. The summed E-state index contributed by atoms with van der Waals surface area (Å²) in [5.41, 5.74) is 0. The Balaban J connectivity index is 0.000000696. The van der Waals surface area contributed by atoms with Crippen molar-refractivity contribution in [3.63, 3.8) is 0 Å². The lowest BCUT2D eigenvalue weighted by atomic mass is 9.99. The Labute approximate surface area is 159 Å². The first-order valence-corrected chi connectivity index (χ1v) is 8.15. The van der Waals surface area contributed by atoms with Crippen molar-refractivity contribution in [2.24, 2.45) is 0 Å². The molecule has 2 saturated heterocycles.